The van der Waals surface area contributed by atoms with E-state index >= 15 is 0 Å². The molecule has 0 radical (unpaired) electrons. The number of para-hydroxylation sites is 2. The second-order valence-corrected chi connectivity index (χ2v) is 5.44. The quantitative estimate of drug-likeness (QED) is 0.568. The molecule has 2 aromatic heterocycles. The van der Waals surface area contributed by atoms with Gasteiger partial charge in [-0.05, 0) is 25.1 Å². The van der Waals surface area contributed by atoms with E-state index in [1.54, 1.807) is 17.1 Å². The van der Waals surface area contributed by atoms with Crippen molar-refractivity contribution in [3.63, 3.8) is 0 Å². The van der Waals surface area contributed by atoms with Crippen molar-refractivity contribution in [3.8, 4) is 11.4 Å². The zero-order chi connectivity index (χ0) is 15.8. The van der Waals surface area contributed by atoms with Crippen molar-refractivity contribution in [2.45, 2.75) is 6.92 Å². The fourth-order valence-corrected chi connectivity index (χ4v) is 3.01. The maximum atomic E-state index is 13.0. The molecule has 4 aromatic rings. The van der Waals surface area contributed by atoms with Gasteiger partial charge in [-0.2, -0.15) is 0 Å². The highest BCUT2D eigenvalue weighted by atomic mass is 16.1. The number of fused-ring (bicyclic) bond motifs is 1. The Morgan fingerprint density at radius 3 is 2.43 bits per heavy atom. The molecule has 4 rings (SSSR count). The van der Waals surface area contributed by atoms with E-state index in [4.69, 9.17) is 0 Å². The highest BCUT2D eigenvalue weighted by Crippen LogP contribution is 2.25. The third-order valence-corrected chi connectivity index (χ3v) is 4.06. The Morgan fingerprint density at radius 2 is 1.70 bits per heavy atom. The normalized spacial score (nSPS) is 11.0. The van der Waals surface area contributed by atoms with Crippen molar-refractivity contribution in [1.29, 1.82) is 0 Å². The molecule has 0 fully saturated rings. The summed E-state index contributed by atoms with van der Waals surface area (Å²) in [7, 11) is 0. The summed E-state index contributed by atoms with van der Waals surface area (Å²) in [5.41, 5.74) is 3.33. The third kappa shape index (κ3) is 2.07. The molecule has 0 aliphatic carbocycles. The van der Waals surface area contributed by atoms with Gasteiger partial charge in [-0.25, -0.2) is 4.98 Å². The lowest BCUT2D eigenvalue weighted by molar-refractivity contribution is 0.978. The maximum absolute atomic E-state index is 13.0. The van der Waals surface area contributed by atoms with Crippen LogP contribution < -0.4 is 5.56 Å². The van der Waals surface area contributed by atoms with Crippen LogP contribution in [0.25, 0.3) is 22.3 Å². The molecule has 0 N–H and O–H groups in total. The van der Waals surface area contributed by atoms with Crippen LogP contribution >= 0.6 is 0 Å². The van der Waals surface area contributed by atoms with Gasteiger partial charge in [0, 0.05) is 29.0 Å². The fraction of sp³-hybridized carbons (Fsp3) is 0.0526. The molecule has 4 heteroatoms. The Labute approximate surface area is 133 Å². The number of rotatable bonds is 2. The minimum Gasteiger partial charge on any atom is -0.305 e. The lowest BCUT2D eigenvalue weighted by atomic mass is 10.1. The van der Waals surface area contributed by atoms with E-state index in [-0.39, 0.29) is 5.56 Å². The van der Waals surface area contributed by atoms with Gasteiger partial charge < -0.3 is 4.57 Å². The molecular weight excluding hydrogens is 286 g/mol. The molecule has 0 aliphatic rings. The van der Waals surface area contributed by atoms with Crippen molar-refractivity contribution in [3.05, 3.63) is 89.2 Å². The fourth-order valence-electron chi connectivity index (χ4n) is 3.01. The van der Waals surface area contributed by atoms with Crippen LogP contribution in [0.2, 0.25) is 0 Å². The molecule has 0 spiro atoms. The maximum Gasteiger partial charge on any atom is 0.260 e. The Hall–Kier alpha value is -3.14. The minimum absolute atomic E-state index is 0.0152. The molecule has 0 bridgehead atoms. The SMILES string of the molecule is Cc1c(-n2ccnc2)c2ccccc2n(-c2ccccc2)c1=O. The van der Waals surface area contributed by atoms with Gasteiger partial charge in [0.05, 0.1) is 17.5 Å². The molecule has 112 valence electrons. The number of imidazole rings is 1. The van der Waals surface area contributed by atoms with Crippen LogP contribution in [0.5, 0.6) is 0 Å². The highest BCUT2D eigenvalue weighted by molar-refractivity contribution is 5.90. The van der Waals surface area contributed by atoms with E-state index in [0.29, 0.717) is 5.56 Å². The Balaban J connectivity index is 2.18. The first-order valence-corrected chi connectivity index (χ1v) is 7.45. The number of aromatic nitrogens is 3. The predicted octanol–water partition coefficient (Wildman–Crippen LogP) is 3.48. The first-order chi connectivity index (χ1) is 11.3. The van der Waals surface area contributed by atoms with Gasteiger partial charge in [0.15, 0.2) is 0 Å². The van der Waals surface area contributed by atoms with Gasteiger partial charge in [-0.15, -0.1) is 0 Å². The molecule has 0 unspecified atom stereocenters. The van der Waals surface area contributed by atoms with E-state index in [9.17, 15) is 4.79 Å². The van der Waals surface area contributed by atoms with E-state index in [2.05, 4.69) is 4.98 Å². The van der Waals surface area contributed by atoms with Crippen LogP contribution in [0.15, 0.2) is 78.1 Å². The van der Waals surface area contributed by atoms with Crippen LogP contribution in [0, 0.1) is 6.92 Å². The van der Waals surface area contributed by atoms with Crippen molar-refractivity contribution >= 4 is 10.9 Å². The summed E-state index contributed by atoms with van der Waals surface area (Å²) in [5.74, 6) is 0. The van der Waals surface area contributed by atoms with E-state index in [1.807, 2.05) is 72.3 Å². The minimum atomic E-state index is -0.0152. The molecule has 2 aromatic carbocycles. The van der Waals surface area contributed by atoms with Gasteiger partial charge in [0.25, 0.3) is 5.56 Å². The predicted molar refractivity (Wildman–Crippen MR) is 91.4 cm³/mol. The largest absolute Gasteiger partial charge is 0.305 e. The topological polar surface area (TPSA) is 39.8 Å². The van der Waals surface area contributed by atoms with Gasteiger partial charge in [0.1, 0.15) is 0 Å². The zero-order valence-electron chi connectivity index (χ0n) is 12.7. The van der Waals surface area contributed by atoms with Gasteiger partial charge in [-0.3, -0.25) is 9.36 Å². The van der Waals surface area contributed by atoms with Gasteiger partial charge >= 0.3 is 0 Å². The average molecular weight is 301 g/mol. The Morgan fingerprint density at radius 1 is 0.957 bits per heavy atom. The van der Waals surface area contributed by atoms with Crippen LogP contribution in [-0.2, 0) is 0 Å². The molecule has 0 saturated carbocycles. The number of nitrogens with zero attached hydrogens (tertiary/aromatic N) is 3. The monoisotopic (exact) mass is 301 g/mol. The molecule has 4 nitrogen and oxygen atoms in total. The number of benzene rings is 2. The van der Waals surface area contributed by atoms with Crippen LogP contribution in [0.4, 0.5) is 0 Å². The zero-order valence-corrected chi connectivity index (χ0v) is 12.7. The molecule has 0 aliphatic heterocycles. The lowest BCUT2D eigenvalue weighted by Gasteiger charge is -2.16. The van der Waals surface area contributed by atoms with E-state index in [0.717, 1.165) is 22.3 Å². The van der Waals surface area contributed by atoms with Crippen molar-refractivity contribution in [1.82, 2.24) is 14.1 Å². The van der Waals surface area contributed by atoms with Gasteiger partial charge in [-0.1, -0.05) is 36.4 Å². The van der Waals surface area contributed by atoms with Crippen molar-refractivity contribution in [2.24, 2.45) is 0 Å². The number of pyridine rings is 1. The summed E-state index contributed by atoms with van der Waals surface area (Å²) in [6.07, 6.45) is 5.30. The van der Waals surface area contributed by atoms with Crippen LogP contribution in [-0.4, -0.2) is 14.1 Å². The lowest BCUT2D eigenvalue weighted by Crippen LogP contribution is -2.23. The van der Waals surface area contributed by atoms with Gasteiger partial charge in [0.2, 0.25) is 0 Å². The molecular formula is C19H15N3O. The molecule has 2 heterocycles. The molecule has 0 atom stereocenters. The summed E-state index contributed by atoms with van der Waals surface area (Å²) in [6, 6.07) is 17.7. The Kier molecular flexibility index (Phi) is 3.08. The molecule has 0 amide bonds. The summed E-state index contributed by atoms with van der Waals surface area (Å²) in [4.78, 5) is 17.1. The van der Waals surface area contributed by atoms with E-state index in [1.165, 1.54) is 0 Å². The molecule has 23 heavy (non-hydrogen) atoms. The third-order valence-electron chi connectivity index (χ3n) is 4.06. The van der Waals surface area contributed by atoms with Crippen molar-refractivity contribution < 1.29 is 0 Å². The second-order valence-electron chi connectivity index (χ2n) is 5.44. The summed E-state index contributed by atoms with van der Waals surface area (Å²) >= 11 is 0. The number of hydrogen-bond acceptors (Lipinski definition) is 2. The summed E-state index contributed by atoms with van der Waals surface area (Å²) in [5, 5.41) is 1.02. The summed E-state index contributed by atoms with van der Waals surface area (Å²) in [6.45, 7) is 1.86. The smallest absolute Gasteiger partial charge is 0.260 e. The highest BCUT2D eigenvalue weighted by Gasteiger charge is 2.15. The first-order valence-electron chi connectivity index (χ1n) is 7.45. The van der Waals surface area contributed by atoms with E-state index < -0.39 is 0 Å². The second kappa shape index (κ2) is 5.25. The average Bonchev–Trinajstić information content (AvgIpc) is 3.11. The summed E-state index contributed by atoms with van der Waals surface area (Å²) < 4.78 is 3.67. The van der Waals surface area contributed by atoms with Crippen LogP contribution in [0.1, 0.15) is 5.56 Å². The standard InChI is InChI=1S/C19H15N3O/c1-14-18(21-12-11-20-13-21)16-9-5-6-10-17(16)22(19(14)23)15-7-3-2-4-8-15/h2-13H,1H3. The number of hydrogen-bond donors (Lipinski definition) is 0. The van der Waals surface area contributed by atoms with Crippen LogP contribution in [0.3, 0.4) is 0 Å². The first kappa shape index (κ1) is 13.5. The van der Waals surface area contributed by atoms with Crippen molar-refractivity contribution in [2.75, 3.05) is 0 Å². The Bertz CT molecular complexity index is 1030. The molecule has 0 saturated heterocycles.